The van der Waals surface area contributed by atoms with Gasteiger partial charge in [-0.1, -0.05) is 194 Å². The van der Waals surface area contributed by atoms with Gasteiger partial charge in [0.2, 0.25) is 11.8 Å². The average Bonchev–Trinajstić information content (AvgIpc) is 0.895. The predicted octanol–water partition coefficient (Wildman–Crippen LogP) is -2.24. The van der Waals surface area contributed by atoms with Crippen molar-refractivity contribution in [1.82, 2.24) is 10.6 Å². The van der Waals surface area contributed by atoms with Crippen LogP contribution in [0.3, 0.4) is 0 Å². The fraction of sp³-hybridized carbons (Fsp3) is 0.959. The maximum atomic E-state index is 13.8. The van der Waals surface area contributed by atoms with Crippen LogP contribution < -0.4 is 10.6 Å². The first-order chi connectivity index (χ1) is 51.7. The Hall–Kier alpha value is -2.75. The number of aliphatic hydroxyl groups is 19. The maximum Gasteiger partial charge on any atom is 0.364 e. The molecule has 2 amide bonds. The lowest BCUT2D eigenvalue weighted by molar-refractivity contribution is -0.392. The van der Waals surface area contributed by atoms with Crippen LogP contribution in [0.2, 0.25) is 0 Å². The minimum atomic E-state index is -3.37. The summed E-state index contributed by atoms with van der Waals surface area (Å²) in [5, 5.41) is 225. The Kier molecular flexibility index (Phi) is 44.9. The van der Waals surface area contributed by atoms with E-state index < -0.39 is 247 Å². The maximum absolute atomic E-state index is 13.8. The summed E-state index contributed by atoms with van der Waals surface area (Å²) >= 11 is 0. The molecule has 0 spiro atoms. The van der Waals surface area contributed by atoms with Gasteiger partial charge in [0.25, 0.3) is 5.79 Å². The molecule has 0 aromatic rings. The van der Waals surface area contributed by atoms with Crippen LogP contribution >= 0.6 is 0 Å². The Morgan fingerprint density at radius 3 is 1.39 bits per heavy atom. The highest BCUT2D eigenvalue weighted by atomic mass is 16.8. The second-order valence-corrected chi connectivity index (χ2v) is 29.9. The number of ether oxygens (including phenoxy) is 10. The Morgan fingerprint density at radius 2 is 0.898 bits per heavy atom. The molecule has 0 bridgehead atoms. The van der Waals surface area contributed by atoms with E-state index in [2.05, 4.69) is 24.5 Å². The number of amides is 2. The van der Waals surface area contributed by atoms with Gasteiger partial charge in [0.1, 0.15) is 128 Å². The highest BCUT2D eigenvalue weighted by Gasteiger charge is 2.62. The monoisotopic (exact) mass is 1570 g/mol. The summed E-state index contributed by atoms with van der Waals surface area (Å²) in [4.78, 5) is 40.3. The summed E-state index contributed by atoms with van der Waals surface area (Å²) in [5.74, 6) is -7.34. The van der Waals surface area contributed by atoms with Gasteiger partial charge in [0.05, 0.1) is 63.9 Å². The molecule has 0 saturated carbocycles. The summed E-state index contributed by atoms with van der Waals surface area (Å²) < 4.78 is 58.1. The van der Waals surface area contributed by atoms with E-state index in [0.29, 0.717) is 12.8 Å². The third-order valence-electron chi connectivity index (χ3n) is 21.2. The van der Waals surface area contributed by atoms with Crippen molar-refractivity contribution in [2.45, 2.75) is 403 Å². The van der Waals surface area contributed by atoms with Gasteiger partial charge in [0.15, 0.2) is 25.2 Å². The molecule has 0 aromatic carbocycles. The largest absolute Gasteiger partial charge is 0.477 e. The molecule has 0 aliphatic carbocycles. The first-order valence-electron chi connectivity index (χ1n) is 39.6. The molecule has 0 radical (unpaired) electrons. The number of carbonyl (C=O) groups excluding carboxylic acids is 2. The zero-order valence-corrected chi connectivity index (χ0v) is 63.2. The van der Waals surface area contributed by atoms with E-state index in [0.717, 1.165) is 77.6 Å². The summed E-state index contributed by atoms with van der Waals surface area (Å²) in [5.41, 5.74) is 0. The van der Waals surface area contributed by atoms with Gasteiger partial charge in [-0.3, -0.25) is 9.59 Å². The standard InChI is InChI=1S/C73H134N2O33/c1-4-6-8-10-12-14-16-17-18-19-20-21-22-23-25-27-29-31-33-44(83)67(96)75-42(52(86)43(82)32-30-28-26-24-15-13-11-9-7-5-2)40-99-68-58(92)56(90)63(49(38-79)102-68)105-69-60(94)57(91)64(50(39-80)103-69)107-73(72(97)98)34-47(51(74-41(3)81)65(108-73)53(87)45(84)35-76)100-71-61(95)66(54(88)48(37-78)101-71)106-70-59(93)55(89)62(104-70)46(85)36-77/h42-66,68-71,76-80,82-95H,4-40H2,1-3H3,(H,74,81)(H,75,96)(H,97,98)/t42-,43+,44+,45+,46-,47-,48+,49+,50+,51+,52-,53+,54-,55+,56+,57+,58+,59+,60+,61+,62-,63+,64-,65+,66-,68+,69-,70-,71-,73+/m0/s1. The number of unbranched alkanes of at least 4 members (excludes halogenated alkanes) is 26. The molecule has 5 aliphatic heterocycles. The molecule has 5 aliphatic rings. The number of hydrogen-bond donors (Lipinski definition) is 22. The van der Waals surface area contributed by atoms with E-state index in [1.54, 1.807) is 0 Å². The van der Waals surface area contributed by atoms with Crippen LogP contribution in [0, 0.1) is 0 Å². The van der Waals surface area contributed by atoms with Crippen LogP contribution in [-0.4, -0.2) is 343 Å². The van der Waals surface area contributed by atoms with E-state index in [-0.39, 0.29) is 12.8 Å². The number of aliphatic carboxylic acids is 1. The molecule has 35 nitrogen and oxygen atoms in total. The summed E-state index contributed by atoms with van der Waals surface area (Å²) in [6, 6.07) is -3.33. The Morgan fingerprint density at radius 1 is 0.463 bits per heavy atom. The zero-order chi connectivity index (χ0) is 79.6. The highest BCUT2D eigenvalue weighted by Crippen LogP contribution is 2.42. The molecule has 5 fully saturated rings. The molecule has 5 rings (SSSR count). The second kappa shape index (κ2) is 50.6. The molecule has 0 aromatic heterocycles. The van der Waals surface area contributed by atoms with Crippen LogP contribution in [0.25, 0.3) is 0 Å². The summed E-state index contributed by atoms with van der Waals surface area (Å²) in [6.45, 7) is -0.910. The van der Waals surface area contributed by atoms with Gasteiger partial charge in [-0.25, -0.2) is 4.79 Å². The van der Waals surface area contributed by atoms with E-state index in [1.165, 1.54) is 96.3 Å². The number of rotatable bonds is 55. The number of hydrogen-bond acceptors (Lipinski definition) is 32. The first kappa shape index (κ1) is 95.8. The van der Waals surface area contributed by atoms with Crippen molar-refractivity contribution >= 4 is 17.8 Å². The lowest BCUT2D eigenvalue weighted by Crippen LogP contribution is -2.72. The zero-order valence-electron chi connectivity index (χ0n) is 63.2. The van der Waals surface area contributed by atoms with Crippen molar-refractivity contribution in [2.24, 2.45) is 0 Å². The molecule has 634 valence electrons. The Bertz CT molecular complexity index is 2440. The minimum absolute atomic E-state index is 0.0968. The van der Waals surface area contributed by atoms with E-state index in [9.17, 15) is 117 Å². The topological polar surface area (TPSA) is 572 Å². The van der Waals surface area contributed by atoms with Gasteiger partial charge >= 0.3 is 5.97 Å². The fourth-order valence-electron chi connectivity index (χ4n) is 14.6. The van der Waals surface area contributed by atoms with Crippen LogP contribution in [0.5, 0.6) is 0 Å². The number of nitrogens with one attached hydrogen (secondary N) is 2. The van der Waals surface area contributed by atoms with E-state index >= 15 is 0 Å². The predicted molar refractivity (Wildman–Crippen MR) is 379 cm³/mol. The molecular formula is C73H134N2O33. The normalized spacial score (nSPS) is 34.5. The Labute approximate surface area is 633 Å². The highest BCUT2D eigenvalue weighted by molar-refractivity contribution is 5.80. The summed E-state index contributed by atoms with van der Waals surface area (Å²) in [6.07, 6.45) is -24.4. The lowest BCUT2D eigenvalue weighted by atomic mass is 9.87. The van der Waals surface area contributed by atoms with Crippen LogP contribution in [0.15, 0.2) is 0 Å². The molecule has 30 atom stereocenters. The van der Waals surface area contributed by atoms with E-state index in [4.69, 9.17) is 47.4 Å². The molecule has 22 N–H and O–H groups in total. The minimum Gasteiger partial charge on any atom is -0.477 e. The van der Waals surface area contributed by atoms with Crippen molar-refractivity contribution in [1.29, 1.82) is 0 Å². The molecule has 35 heteroatoms. The molecule has 5 heterocycles. The average molecular weight is 1570 g/mol. The number of aliphatic hydroxyl groups excluding tert-OH is 19. The van der Waals surface area contributed by atoms with Crippen molar-refractivity contribution in [2.75, 3.05) is 39.6 Å². The SMILES string of the molecule is CCCCCCCCCCCCCCCCCCCC[C@@H](O)C(=O)N[C@@H](CO[C@@H]1O[C@H](CO)[C@@H](O[C@@H]2O[C@H](CO)[C@H](O[C@]3(C(=O)O)C[C@H](O[C@H]4O[C@H](CO)[C@H](O)[C@H](O[C@@H]5O[C@@H]([C@@H](O)CO)[C@H](O)[C@H]5O)[C@H]4O)[C@@H](NC(C)=O)[C@H]([C@H](O)[C@H](O)CO)O3)[C@H](O)[C@H]2O)[C@H](O)[C@H]1O)[C@H](O)[C@H](O)CCCCCCCCCCCC. The van der Waals surface area contributed by atoms with Crippen molar-refractivity contribution < 1.29 is 164 Å². The van der Waals surface area contributed by atoms with Gasteiger partial charge in [0, 0.05) is 13.3 Å². The molecular weight excluding hydrogens is 1430 g/mol. The fourth-order valence-corrected chi connectivity index (χ4v) is 14.6. The van der Waals surface area contributed by atoms with Crippen LogP contribution in [-0.2, 0) is 61.8 Å². The Balaban J connectivity index is 1.26. The van der Waals surface area contributed by atoms with Crippen molar-refractivity contribution in [3.63, 3.8) is 0 Å². The van der Waals surface area contributed by atoms with Crippen LogP contribution in [0.4, 0.5) is 0 Å². The van der Waals surface area contributed by atoms with Gasteiger partial charge in [-0.2, -0.15) is 0 Å². The van der Waals surface area contributed by atoms with Gasteiger partial charge in [-0.05, 0) is 12.8 Å². The van der Waals surface area contributed by atoms with Crippen molar-refractivity contribution in [3.8, 4) is 0 Å². The quantitative estimate of drug-likeness (QED) is 0.0286. The summed E-state index contributed by atoms with van der Waals surface area (Å²) in [7, 11) is 0. The third-order valence-corrected chi connectivity index (χ3v) is 21.2. The smallest absolute Gasteiger partial charge is 0.364 e. The van der Waals surface area contributed by atoms with Crippen molar-refractivity contribution in [3.05, 3.63) is 0 Å². The second-order valence-electron chi connectivity index (χ2n) is 29.9. The first-order valence-corrected chi connectivity index (χ1v) is 39.6. The van der Waals surface area contributed by atoms with Gasteiger partial charge < -0.3 is 160 Å². The number of carbonyl (C=O) groups is 3. The lowest BCUT2D eigenvalue weighted by Gasteiger charge is -2.52. The number of carboxylic acids is 1. The van der Waals surface area contributed by atoms with Crippen LogP contribution in [0.1, 0.15) is 220 Å². The third kappa shape index (κ3) is 28.9. The molecule has 0 unspecified atom stereocenters. The van der Waals surface area contributed by atoms with Gasteiger partial charge in [-0.15, -0.1) is 0 Å². The molecule has 5 saturated heterocycles. The molecule has 108 heavy (non-hydrogen) atoms. The van der Waals surface area contributed by atoms with E-state index in [1.807, 2.05) is 0 Å². The number of carboxylic acid groups (broad SMARTS) is 1.